The number of benzene rings is 1. The molecule has 0 radical (unpaired) electrons. The molecule has 1 aromatic carbocycles. The number of nitrogens with two attached hydrogens (primary N) is 1. The van der Waals surface area contributed by atoms with Crippen LogP contribution in [-0.4, -0.2) is 19.1 Å². The molecule has 0 spiro atoms. The fraction of sp³-hybridized carbons (Fsp3) is 0.417. The maximum absolute atomic E-state index is 11.0. The second-order valence-corrected chi connectivity index (χ2v) is 3.73. The van der Waals surface area contributed by atoms with Gasteiger partial charge in [0.2, 0.25) is 0 Å². The van der Waals surface area contributed by atoms with Crippen molar-refractivity contribution in [3.05, 3.63) is 35.4 Å². The average molecular weight is 207 g/mol. The third-order valence-electron chi connectivity index (χ3n) is 2.28. The molecule has 0 aliphatic carbocycles. The summed E-state index contributed by atoms with van der Waals surface area (Å²) in [6.45, 7) is 2.04. The second-order valence-electron chi connectivity index (χ2n) is 3.73. The number of esters is 1. The van der Waals surface area contributed by atoms with E-state index >= 15 is 0 Å². The van der Waals surface area contributed by atoms with Crippen LogP contribution in [0.15, 0.2) is 24.3 Å². The summed E-state index contributed by atoms with van der Waals surface area (Å²) in [4.78, 5) is 11.0. The second kappa shape index (κ2) is 5.51. The van der Waals surface area contributed by atoms with Crippen molar-refractivity contribution >= 4 is 5.97 Å². The smallest absolute Gasteiger partial charge is 0.307 e. The first-order valence-electron chi connectivity index (χ1n) is 4.99. The van der Waals surface area contributed by atoms with Crippen LogP contribution in [0.2, 0.25) is 0 Å². The molecule has 1 rings (SSSR count). The van der Waals surface area contributed by atoms with Gasteiger partial charge in [-0.3, -0.25) is 4.79 Å². The Bertz CT molecular complexity index is 319. The molecule has 0 bridgehead atoms. The minimum absolute atomic E-state index is 0.167. The van der Waals surface area contributed by atoms with E-state index in [4.69, 9.17) is 5.73 Å². The number of carbonyl (C=O) groups excluding carboxylic acids is 1. The first-order chi connectivity index (χ1) is 7.11. The summed E-state index contributed by atoms with van der Waals surface area (Å²) in [6.07, 6.45) is 0.972. The molecule has 0 aliphatic heterocycles. The molecule has 0 amide bonds. The molecule has 0 saturated carbocycles. The number of carbonyl (C=O) groups is 1. The summed E-state index contributed by atoms with van der Waals surface area (Å²) in [6, 6.07) is 7.99. The Morgan fingerprint density at radius 1 is 1.40 bits per heavy atom. The highest BCUT2D eigenvalue weighted by Gasteiger charge is 2.09. The highest BCUT2D eigenvalue weighted by molar-refractivity contribution is 5.69. The van der Waals surface area contributed by atoms with Gasteiger partial charge in [0, 0.05) is 6.04 Å². The monoisotopic (exact) mass is 207 g/mol. The molecule has 0 aromatic heterocycles. The van der Waals surface area contributed by atoms with Crippen LogP contribution in [0.5, 0.6) is 0 Å². The van der Waals surface area contributed by atoms with Crippen molar-refractivity contribution in [1.29, 1.82) is 0 Å². The van der Waals surface area contributed by atoms with Gasteiger partial charge in [-0.2, -0.15) is 0 Å². The maximum atomic E-state index is 11.0. The zero-order chi connectivity index (χ0) is 11.3. The summed E-state index contributed by atoms with van der Waals surface area (Å²) in [5.74, 6) is -0.255. The van der Waals surface area contributed by atoms with Crippen LogP contribution in [0.25, 0.3) is 0 Å². The molecule has 3 nitrogen and oxygen atoms in total. The molecular formula is C12H17NO2. The Hall–Kier alpha value is -1.35. The molecule has 1 aromatic rings. The zero-order valence-corrected chi connectivity index (χ0v) is 9.19. The van der Waals surface area contributed by atoms with Gasteiger partial charge >= 0.3 is 5.97 Å². The molecular weight excluding hydrogens is 190 g/mol. The number of methoxy groups -OCH3 is 1. The third kappa shape index (κ3) is 4.13. The Balaban J connectivity index is 2.47. The van der Waals surface area contributed by atoms with Crippen molar-refractivity contribution in [1.82, 2.24) is 0 Å². The average Bonchev–Trinajstić information content (AvgIpc) is 2.21. The summed E-state index contributed by atoms with van der Waals surface area (Å²) in [7, 11) is 1.38. The van der Waals surface area contributed by atoms with E-state index in [-0.39, 0.29) is 18.4 Å². The van der Waals surface area contributed by atoms with Crippen molar-refractivity contribution in [2.24, 2.45) is 5.73 Å². The highest BCUT2D eigenvalue weighted by Crippen LogP contribution is 2.07. The van der Waals surface area contributed by atoms with E-state index in [0.29, 0.717) is 6.42 Å². The van der Waals surface area contributed by atoms with Gasteiger partial charge in [-0.15, -0.1) is 0 Å². The predicted molar refractivity (Wildman–Crippen MR) is 59.5 cm³/mol. The van der Waals surface area contributed by atoms with Crippen LogP contribution >= 0.6 is 0 Å². The predicted octanol–water partition coefficient (Wildman–Crippen LogP) is 1.43. The van der Waals surface area contributed by atoms with E-state index in [1.807, 2.05) is 31.2 Å². The minimum Gasteiger partial charge on any atom is -0.469 e. The van der Waals surface area contributed by atoms with E-state index in [0.717, 1.165) is 5.56 Å². The molecule has 0 aliphatic rings. The van der Waals surface area contributed by atoms with Crippen LogP contribution in [0.4, 0.5) is 0 Å². The SMILES string of the molecule is COC(=O)C[C@@H](N)Cc1ccc(C)cc1. The van der Waals surface area contributed by atoms with Crippen molar-refractivity contribution in [2.45, 2.75) is 25.8 Å². The normalized spacial score (nSPS) is 12.2. The van der Waals surface area contributed by atoms with Gasteiger partial charge in [0.1, 0.15) is 0 Å². The maximum Gasteiger partial charge on any atom is 0.307 e. The summed E-state index contributed by atoms with van der Waals surface area (Å²) < 4.78 is 4.56. The van der Waals surface area contributed by atoms with Gasteiger partial charge in [-0.05, 0) is 18.9 Å². The zero-order valence-electron chi connectivity index (χ0n) is 9.19. The Morgan fingerprint density at radius 3 is 2.53 bits per heavy atom. The molecule has 82 valence electrons. The standard InChI is InChI=1S/C12H17NO2/c1-9-3-5-10(6-4-9)7-11(13)8-12(14)15-2/h3-6,11H,7-8,13H2,1-2H3/t11-/m0/s1. The van der Waals surface area contributed by atoms with Gasteiger partial charge in [-0.1, -0.05) is 29.8 Å². The Kier molecular flexibility index (Phi) is 4.31. The number of hydrogen-bond donors (Lipinski definition) is 1. The highest BCUT2D eigenvalue weighted by atomic mass is 16.5. The summed E-state index contributed by atoms with van der Waals surface area (Å²) in [5.41, 5.74) is 8.19. The van der Waals surface area contributed by atoms with E-state index in [9.17, 15) is 4.79 Å². The van der Waals surface area contributed by atoms with Gasteiger partial charge in [0.15, 0.2) is 0 Å². The number of rotatable bonds is 4. The Labute approximate surface area is 90.2 Å². The first-order valence-corrected chi connectivity index (χ1v) is 4.99. The van der Waals surface area contributed by atoms with E-state index in [1.165, 1.54) is 12.7 Å². The van der Waals surface area contributed by atoms with Gasteiger partial charge in [0.05, 0.1) is 13.5 Å². The van der Waals surface area contributed by atoms with Gasteiger partial charge < -0.3 is 10.5 Å². The molecule has 15 heavy (non-hydrogen) atoms. The number of ether oxygens (including phenoxy) is 1. The quantitative estimate of drug-likeness (QED) is 0.760. The summed E-state index contributed by atoms with van der Waals surface area (Å²) in [5, 5.41) is 0. The fourth-order valence-electron chi connectivity index (χ4n) is 1.40. The lowest BCUT2D eigenvalue weighted by Crippen LogP contribution is -2.26. The fourth-order valence-corrected chi connectivity index (χ4v) is 1.40. The molecule has 0 unspecified atom stereocenters. The molecule has 0 heterocycles. The topological polar surface area (TPSA) is 52.3 Å². The minimum atomic E-state index is -0.255. The Morgan fingerprint density at radius 2 is 2.00 bits per heavy atom. The molecule has 0 fully saturated rings. The van der Waals surface area contributed by atoms with Gasteiger partial charge in [-0.25, -0.2) is 0 Å². The van der Waals surface area contributed by atoms with Crippen molar-refractivity contribution in [3.8, 4) is 0 Å². The van der Waals surface area contributed by atoms with E-state index in [2.05, 4.69) is 4.74 Å². The first kappa shape index (κ1) is 11.7. The van der Waals surface area contributed by atoms with Crippen LogP contribution < -0.4 is 5.73 Å². The van der Waals surface area contributed by atoms with Crippen LogP contribution in [-0.2, 0) is 16.0 Å². The molecule has 2 N–H and O–H groups in total. The van der Waals surface area contributed by atoms with Crippen LogP contribution in [0.3, 0.4) is 0 Å². The van der Waals surface area contributed by atoms with Crippen LogP contribution in [0, 0.1) is 6.92 Å². The lowest BCUT2D eigenvalue weighted by Gasteiger charge is -2.10. The number of aryl methyl sites for hydroxylation is 1. The largest absolute Gasteiger partial charge is 0.469 e. The van der Waals surface area contributed by atoms with Crippen molar-refractivity contribution in [3.63, 3.8) is 0 Å². The van der Waals surface area contributed by atoms with E-state index < -0.39 is 0 Å². The van der Waals surface area contributed by atoms with Crippen molar-refractivity contribution < 1.29 is 9.53 Å². The molecule has 3 heteroatoms. The van der Waals surface area contributed by atoms with Crippen molar-refractivity contribution in [2.75, 3.05) is 7.11 Å². The van der Waals surface area contributed by atoms with E-state index in [1.54, 1.807) is 0 Å². The van der Waals surface area contributed by atoms with Gasteiger partial charge in [0.25, 0.3) is 0 Å². The molecule has 1 atom stereocenters. The summed E-state index contributed by atoms with van der Waals surface area (Å²) >= 11 is 0. The lowest BCUT2D eigenvalue weighted by molar-refractivity contribution is -0.140. The molecule has 0 saturated heterocycles. The van der Waals surface area contributed by atoms with Crippen LogP contribution in [0.1, 0.15) is 17.5 Å². The third-order valence-corrected chi connectivity index (χ3v) is 2.28. The number of hydrogen-bond acceptors (Lipinski definition) is 3. The lowest BCUT2D eigenvalue weighted by atomic mass is 10.0.